The molecule has 1 amide bonds. The van der Waals surface area contributed by atoms with Crippen molar-refractivity contribution in [2.24, 2.45) is 0 Å². The van der Waals surface area contributed by atoms with Gasteiger partial charge in [0.2, 0.25) is 0 Å². The number of carbonyl (C=O) groups excluding carboxylic acids is 1. The first-order chi connectivity index (χ1) is 7.95. The van der Waals surface area contributed by atoms with E-state index in [4.69, 9.17) is 12.2 Å². The monoisotopic (exact) mass is 247 g/mol. The lowest BCUT2D eigenvalue weighted by Gasteiger charge is -2.27. The third-order valence-corrected chi connectivity index (χ3v) is 2.77. The summed E-state index contributed by atoms with van der Waals surface area (Å²) in [6.07, 6.45) is 0. The zero-order chi connectivity index (χ0) is 13.0. The van der Waals surface area contributed by atoms with E-state index in [2.05, 4.69) is 6.58 Å². The number of hydrogen-bond acceptors (Lipinski definition) is 2. The van der Waals surface area contributed by atoms with Crippen molar-refractivity contribution in [1.82, 2.24) is 4.90 Å². The molecule has 0 unspecified atom stereocenters. The number of amides is 1. The molecule has 0 aliphatic heterocycles. The summed E-state index contributed by atoms with van der Waals surface area (Å²) in [7, 11) is 0. The van der Waals surface area contributed by atoms with Crippen LogP contribution in [0.5, 0.6) is 0 Å². The molecule has 0 atom stereocenters. The van der Waals surface area contributed by atoms with Gasteiger partial charge in [-0.1, -0.05) is 49.1 Å². The average molecular weight is 247 g/mol. The number of carbonyl (C=O) groups is 1. The second-order valence-corrected chi connectivity index (χ2v) is 4.61. The Bertz CT molecular complexity index is 437. The van der Waals surface area contributed by atoms with Gasteiger partial charge in [-0.15, -0.1) is 0 Å². The molecule has 0 saturated heterocycles. The smallest absolute Gasteiger partial charge is 0.254 e. The van der Waals surface area contributed by atoms with Crippen molar-refractivity contribution in [3.05, 3.63) is 48.0 Å². The lowest BCUT2D eigenvalue weighted by molar-refractivity contribution is -0.124. The summed E-state index contributed by atoms with van der Waals surface area (Å²) in [6, 6.07) is 9.57. The molecule has 0 aromatic heterocycles. The van der Waals surface area contributed by atoms with E-state index in [0.717, 1.165) is 5.56 Å². The van der Waals surface area contributed by atoms with Crippen LogP contribution in [0.15, 0.2) is 42.5 Å². The summed E-state index contributed by atoms with van der Waals surface area (Å²) in [5, 5.41) is 0. The maximum Gasteiger partial charge on any atom is 0.254 e. The Morgan fingerprint density at radius 1 is 1.29 bits per heavy atom. The molecular weight excluding hydrogens is 230 g/mol. The second-order valence-electron chi connectivity index (χ2n) is 4.22. The van der Waals surface area contributed by atoms with Crippen molar-refractivity contribution < 1.29 is 4.79 Å². The molecule has 0 aliphatic rings. The first kappa shape index (κ1) is 13.6. The van der Waals surface area contributed by atoms with Crippen LogP contribution in [-0.2, 0) is 4.79 Å². The van der Waals surface area contributed by atoms with Crippen molar-refractivity contribution in [3.8, 4) is 0 Å². The van der Waals surface area contributed by atoms with E-state index in [1.807, 2.05) is 44.2 Å². The molecule has 0 aliphatic carbocycles. The Kier molecular flexibility index (Phi) is 4.58. The third kappa shape index (κ3) is 3.24. The highest BCUT2D eigenvalue weighted by Crippen LogP contribution is 2.12. The Morgan fingerprint density at radius 3 is 2.24 bits per heavy atom. The summed E-state index contributed by atoms with van der Waals surface area (Å²) in [4.78, 5) is 14.2. The molecule has 0 N–H and O–H groups in total. The fourth-order valence-electron chi connectivity index (χ4n) is 1.49. The maximum atomic E-state index is 12.0. The van der Waals surface area contributed by atoms with Gasteiger partial charge in [0.1, 0.15) is 4.99 Å². The molecule has 1 aromatic carbocycles. The van der Waals surface area contributed by atoms with E-state index in [-0.39, 0.29) is 11.9 Å². The van der Waals surface area contributed by atoms with Crippen LogP contribution in [-0.4, -0.2) is 21.8 Å². The van der Waals surface area contributed by atoms with Gasteiger partial charge in [0, 0.05) is 17.2 Å². The van der Waals surface area contributed by atoms with Gasteiger partial charge in [-0.05, 0) is 20.8 Å². The molecule has 1 aromatic rings. The number of thiocarbonyl (C=S) groups is 1. The van der Waals surface area contributed by atoms with E-state index >= 15 is 0 Å². The van der Waals surface area contributed by atoms with Crippen molar-refractivity contribution in [2.75, 3.05) is 0 Å². The predicted molar refractivity (Wildman–Crippen MR) is 74.9 cm³/mol. The predicted octanol–water partition coefficient (Wildman–Crippen LogP) is 3.18. The zero-order valence-electron chi connectivity index (χ0n) is 10.4. The van der Waals surface area contributed by atoms with Crippen LogP contribution in [0, 0.1) is 0 Å². The summed E-state index contributed by atoms with van der Waals surface area (Å²) in [5.74, 6) is -0.117. The minimum Gasteiger partial charge on any atom is -0.296 e. The lowest BCUT2D eigenvalue weighted by atomic mass is 10.1. The van der Waals surface area contributed by atoms with Crippen LogP contribution in [0.4, 0.5) is 0 Å². The van der Waals surface area contributed by atoms with Crippen molar-refractivity contribution in [2.45, 2.75) is 26.8 Å². The maximum absolute atomic E-state index is 12.0. The van der Waals surface area contributed by atoms with Gasteiger partial charge in [-0.25, -0.2) is 0 Å². The molecule has 0 saturated carbocycles. The van der Waals surface area contributed by atoms with Gasteiger partial charge in [0.15, 0.2) is 0 Å². The van der Waals surface area contributed by atoms with Crippen molar-refractivity contribution in [3.63, 3.8) is 0 Å². The van der Waals surface area contributed by atoms with Gasteiger partial charge < -0.3 is 0 Å². The number of rotatable bonds is 3. The molecular formula is C14H17NOS. The first-order valence-electron chi connectivity index (χ1n) is 5.53. The van der Waals surface area contributed by atoms with Crippen LogP contribution in [0.1, 0.15) is 26.3 Å². The number of nitrogens with zero attached hydrogens (tertiary/aromatic N) is 1. The van der Waals surface area contributed by atoms with E-state index in [0.29, 0.717) is 10.6 Å². The molecule has 0 radical (unpaired) electrons. The van der Waals surface area contributed by atoms with E-state index < -0.39 is 0 Å². The normalized spacial score (nSPS) is 10.1. The lowest BCUT2D eigenvalue weighted by Crippen LogP contribution is -2.41. The van der Waals surface area contributed by atoms with Crippen LogP contribution in [0.25, 0.3) is 0 Å². The fraction of sp³-hybridized carbons (Fsp3) is 0.286. The van der Waals surface area contributed by atoms with E-state index in [9.17, 15) is 4.79 Å². The largest absolute Gasteiger partial charge is 0.296 e. The topological polar surface area (TPSA) is 20.3 Å². The third-order valence-electron chi connectivity index (χ3n) is 2.34. The SMILES string of the molecule is C=C(C)C(=O)N(C(=S)c1ccccc1)C(C)C. The van der Waals surface area contributed by atoms with Crippen LogP contribution < -0.4 is 0 Å². The number of hydrogen-bond donors (Lipinski definition) is 0. The summed E-state index contributed by atoms with van der Waals surface area (Å²) < 4.78 is 0. The van der Waals surface area contributed by atoms with Crippen LogP contribution in [0.3, 0.4) is 0 Å². The number of benzene rings is 1. The Hall–Kier alpha value is -1.48. The van der Waals surface area contributed by atoms with Gasteiger partial charge in [0.25, 0.3) is 5.91 Å². The van der Waals surface area contributed by atoms with E-state index in [1.165, 1.54) is 0 Å². The zero-order valence-corrected chi connectivity index (χ0v) is 11.3. The molecule has 0 bridgehead atoms. The molecule has 0 spiro atoms. The Balaban J connectivity index is 3.05. The fourth-order valence-corrected chi connectivity index (χ4v) is 1.92. The molecule has 1 rings (SSSR count). The summed E-state index contributed by atoms with van der Waals surface area (Å²) in [6.45, 7) is 9.26. The molecule has 90 valence electrons. The van der Waals surface area contributed by atoms with Crippen molar-refractivity contribution in [1.29, 1.82) is 0 Å². The molecule has 17 heavy (non-hydrogen) atoms. The second kappa shape index (κ2) is 5.73. The average Bonchev–Trinajstić information content (AvgIpc) is 2.29. The molecule has 3 heteroatoms. The van der Waals surface area contributed by atoms with E-state index in [1.54, 1.807) is 11.8 Å². The Labute approximate surface area is 108 Å². The molecule has 2 nitrogen and oxygen atoms in total. The first-order valence-corrected chi connectivity index (χ1v) is 5.94. The van der Waals surface area contributed by atoms with Gasteiger partial charge >= 0.3 is 0 Å². The highest BCUT2D eigenvalue weighted by atomic mass is 32.1. The van der Waals surface area contributed by atoms with Gasteiger partial charge in [-0.3, -0.25) is 9.69 Å². The van der Waals surface area contributed by atoms with Crippen molar-refractivity contribution >= 4 is 23.1 Å². The highest BCUT2D eigenvalue weighted by Gasteiger charge is 2.22. The van der Waals surface area contributed by atoms with Crippen LogP contribution >= 0.6 is 12.2 Å². The summed E-state index contributed by atoms with van der Waals surface area (Å²) >= 11 is 5.38. The van der Waals surface area contributed by atoms with Crippen LogP contribution in [0.2, 0.25) is 0 Å². The molecule has 0 fully saturated rings. The molecule has 0 heterocycles. The summed E-state index contributed by atoms with van der Waals surface area (Å²) in [5.41, 5.74) is 1.38. The quantitative estimate of drug-likeness (QED) is 0.604. The minimum absolute atomic E-state index is 0.0203. The van der Waals surface area contributed by atoms with Gasteiger partial charge in [0.05, 0.1) is 0 Å². The minimum atomic E-state index is -0.117. The highest BCUT2D eigenvalue weighted by molar-refractivity contribution is 7.80. The van der Waals surface area contributed by atoms with Gasteiger partial charge in [-0.2, -0.15) is 0 Å². The standard InChI is InChI=1S/C14H17NOS/c1-10(2)13(16)15(11(3)4)14(17)12-8-6-5-7-9-12/h5-9,11H,1H2,2-4H3. The Morgan fingerprint density at radius 2 is 1.82 bits per heavy atom.